The SMILES string of the molecule is N#CCCN(CCC#N)C(=O)CSCC(O)CO. The molecule has 1 unspecified atom stereocenters. The van der Waals surface area contributed by atoms with Crippen molar-refractivity contribution in [2.45, 2.75) is 18.9 Å². The lowest BCUT2D eigenvalue weighted by Gasteiger charge is -2.20. The predicted molar refractivity (Wildman–Crippen MR) is 67.5 cm³/mol. The monoisotopic (exact) mass is 271 g/mol. The minimum atomic E-state index is -0.825. The number of hydrogen-bond donors (Lipinski definition) is 2. The summed E-state index contributed by atoms with van der Waals surface area (Å²) in [5.41, 5.74) is 0. The minimum Gasteiger partial charge on any atom is -0.394 e. The average molecular weight is 271 g/mol. The van der Waals surface area contributed by atoms with Crippen LogP contribution in [0, 0.1) is 22.7 Å². The summed E-state index contributed by atoms with van der Waals surface area (Å²) < 4.78 is 0. The molecule has 0 heterocycles. The standard InChI is InChI=1S/C11H17N3O3S/c12-3-1-5-14(6-2-4-13)11(17)9-18-8-10(16)7-15/h10,15-16H,1-2,5-9H2. The fourth-order valence-corrected chi connectivity index (χ4v) is 2.01. The van der Waals surface area contributed by atoms with E-state index in [0.29, 0.717) is 13.1 Å². The van der Waals surface area contributed by atoms with E-state index in [4.69, 9.17) is 20.7 Å². The summed E-state index contributed by atoms with van der Waals surface area (Å²) in [6.07, 6.45) is -0.350. The molecule has 7 heteroatoms. The Bertz CT molecular complexity index is 306. The van der Waals surface area contributed by atoms with Crippen LogP contribution >= 0.6 is 11.8 Å². The Morgan fingerprint density at radius 1 is 1.28 bits per heavy atom. The quantitative estimate of drug-likeness (QED) is 0.597. The lowest BCUT2D eigenvalue weighted by atomic mass is 10.3. The van der Waals surface area contributed by atoms with Gasteiger partial charge in [0.1, 0.15) is 0 Å². The molecule has 0 aromatic heterocycles. The first kappa shape index (κ1) is 16.7. The number of carbonyl (C=O) groups excluding carboxylic acids is 1. The molecule has 2 N–H and O–H groups in total. The van der Waals surface area contributed by atoms with Gasteiger partial charge < -0.3 is 15.1 Å². The minimum absolute atomic E-state index is 0.157. The van der Waals surface area contributed by atoms with Gasteiger partial charge in [0.05, 0.1) is 43.4 Å². The molecule has 1 atom stereocenters. The maximum absolute atomic E-state index is 11.8. The summed E-state index contributed by atoms with van der Waals surface area (Å²) in [6, 6.07) is 3.91. The number of rotatable bonds is 9. The van der Waals surface area contributed by atoms with Crippen molar-refractivity contribution in [3.05, 3.63) is 0 Å². The van der Waals surface area contributed by atoms with Crippen molar-refractivity contribution >= 4 is 17.7 Å². The molecule has 0 saturated heterocycles. The third kappa shape index (κ3) is 7.91. The number of nitrogens with zero attached hydrogens (tertiary/aromatic N) is 3. The molecule has 0 rings (SSSR count). The molecular weight excluding hydrogens is 254 g/mol. The van der Waals surface area contributed by atoms with E-state index in [1.807, 2.05) is 12.1 Å². The third-order valence-corrected chi connectivity index (χ3v) is 3.16. The van der Waals surface area contributed by atoms with Crippen LogP contribution in [0.2, 0.25) is 0 Å². The highest BCUT2D eigenvalue weighted by Crippen LogP contribution is 2.06. The average Bonchev–Trinajstić information content (AvgIpc) is 2.38. The number of thioether (sulfide) groups is 1. The second-order valence-electron chi connectivity index (χ2n) is 3.55. The smallest absolute Gasteiger partial charge is 0.232 e. The Morgan fingerprint density at radius 2 is 1.83 bits per heavy atom. The van der Waals surface area contributed by atoms with Gasteiger partial charge in [-0.15, -0.1) is 11.8 Å². The summed E-state index contributed by atoms with van der Waals surface area (Å²) in [5.74, 6) is 0.302. The summed E-state index contributed by atoms with van der Waals surface area (Å²) in [5, 5.41) is 34.7. The molecule has 0 fully saturated rings. The lowest BCUT2D eigenvalue weighted by Crippen LogP contribution is -2.34. The third-order valence-electron chi connectivity index (χ3n) is 2.09. The summed E-state index contributed by atoms with van der Waals surface area (Å²) in [4.78, 5) is 13.2. The highest BCUT2D eigenvalue weighted by molar-refractivity contribution is 7.99. The molecule has 0 aromatic carbocycles. The number of hydrogen-bond acceptors (Lipinski definition) is 6. The van der Waals surface area contributed by atoms with Crippen molar-refractivity contribution in [2.24, 2.45) is 0 Å². The van der Waals surface area contributed by atoms with Crippen LogP contribution < -0.4 is 0 Å². The Balaban J connectivity index is 4.04. The number of aliphatic hydroxyl groups is 2. The molecule has 0 saturated carbocycles. The van der Waals surface area contributed by atoms with Crippen molar-refractivity contribution in [2.75, 3.05) is 31.2 Å². The molecule has 0 bridgehead atoms. The van der Waals surface area contributed by atoms with E-state index in [9.17, 15) is 4.79 Å². The first-order valence-corrected chi connectivity index (χ1v) is 6.69. The number of carbonyl (C=O) groups is 1. The lowest BCUT2D eigenvalue weighted by molar-refractivity contribution is -0.128. The fourth-order valence-electron chi connectivity index (χ4n) is 1.16. The van der Waals surface area contributed by atoms with Crippen LogP contribution in [-0.4, -0.2) is 58.3 Å². The summed E-state index contributed by atoms with van der Waals surface area (Å²) in [7, 11) is 0. The van der Waals surface area contributed by atoms with Crippen LogP contribution in [0.3, 0.4) is 0 Å². The van der Waals surface area contributed by atoms with Crippen LogP contribution in [0.1, 0.15) is 12.8 Å². The van der Waals surface area contributed by atoms with Crippen LogP contribution in [0.15, 0.2) is 0 Å². The van der Waals surface area contributed by atoms with Crippen LogP contribution in [0.4, 0.5) is 0 Å². The van der Waals surface area contributed by atoms with Crippen molar-refractivity contribution < 1.29 is 15.0 Å². The van der Waals surface area contributed by atoms with E-state index in [1.165, 1.54) is 16.7 Å². The van der Waals surface area contributed by atoms with Crippen LogP contribution in [-0.2, 0) is 4.79 Å². The molecule has 0 aliphatic heterocycles. The van der Waals surface area contributed by atoms with Gasteiger partial charge in [-0.1, -0.05) is 0 Å². The van der Waals surface area contributed by atoms with Crippen LogP contribution in [0.5, 0.6) is 0 Å². The van der Waals surface area contributed by atoms with Gasteiger partial charge in [-0.25, -0.2) is 0 Å². The Hall–Kier alpha value is -1.28. The maximum atomic E-state index is 11.8. The zero-order valence-corrected chi connectivity index (χ0v) is 10.9. The molecule has 0 spiro atoms. The van der Waals surface area contributed by atoms with Gasteiger partial charge in [-0.05, 0) is 0 Å². The topological polar surface area (TPSA) is 108 Å². The van der Waals surface area contributed by atoms with E-state index in [2.05, 4.69) is 0 Å². The summed E-state index contributed by atoms with van der Waals surface area (Å²) in [6.45, 7) is 0.314. The van der Waals surface area contributed by atoms with Gasteiger partial charge in [0, 0.05) is 18.8 Å². The first-order chi connectivity index (χ1) is 8.65. The van der Waals surface area contributed by atoms with Crippen molar-refractivity contribution in [1.82, 2.24) is 4.90 Å². The van der Waals surface area contributed by atoms with E-state index in [1.54, 1.807) is 0 Å². The highest BCUT2D eigenvalue weighted by Gasteiger charge is 2.13. The first-order valence-electron chi connectivity index (χ1n) is 5.54. The van der Waals surface area contributed by atoms with Crippen molar-refractivity contribution in [3.8, 4) is 12.1 Å². The largest absolute Gasteiger partial charge is 0.394 e. The zero-order chi connectivity index (χ0) is 13.8. The van der Waals surface area contributed by atoms with E-state index in [-0.39, 0.29) is 36.9 Å². The summed E-state index contributed by atoms with van der Waals surface area (Å²) >= 11 is 1.22. The van der Waals surface area contributed by atoms with Gasteiger partial charge >= 0.3 is 0 Å². The second kappa shape index (κ2) is 10.8. The molecule has 0 aliphatic rings. The zero-order valence-electron chi connectivity index (χ0n) is 10.1. The number of nitriles is 2. The Labute approximate surface area is 111 Å². The predicted octanol–water partition coefficient (Wildman–Crippen LogP) is -0.271. The normalized spacial score (nSPS) is 11.3. The van der Waals surface area contributed by atoms with Gasteiger partial charge in [0.25, 0.3) is 0 Å². The van der Waals surface area contributed by atoms with E-state index < -0.39 is 6.10 Å². The molecule has 0 aliphatic carbocycles. The van der Waals surface area contributed by atoms with E-state index >= 15 is 0 Å². The highest BCUT2D eigenvalue weighted by atomic mass is 32.2. The molecular formula is C11H17N3O3S. The van der Waals surface area contributed by atoms with Gasteiger partial charge in [-0.3, -0.25) is 4.79 Å². The number of aliphatic hydroxyl groups excluding tert-OH is 2. The maximum Gasteiger partial charge on any atom is 0.232 e. The Morgan fingerprint density at radius 3 is 2.28 bits per heavy atom. The molecule has 100 valence electrons. The molecule has 0 radical (unpaired) electrons. The molecule has 18 heavy (non-hydrogen) atoms. The molecule has 6 nitrogen and oxygen atoms in total. The molecule has 1 amide bonds. The van der Waals surface area contributed by atoms with Crippen molar-refractivity contribution in [1.29, 1.82) is 10.5 Å². The van der Waals surface area contributed by atoms with Crippen molar-refractivity contribution in [3.63, 3.8) is 0 Å². The number of amides is 1. The Kier molecular flexibility index (Phi) is 10.1. The van der Waals surface area contributed by atoms with E-state index in [0.717, 1.165) is 0 Å². The second-order valence-corrected chi connectivity index (χ2v) is 4.58. The van der Waals surface area contributed by atoms with Crippen LogP contribution in [0.25, 0.3) is 0 Å². The fraction of sp³-hybridized carbons (Fsp3) is 0.727. The van der Waals surface area contributed by atoms with Gasteiger partial charge in [-0.2, -0.15) is 10.5 Å². The molecule has 0 aromatic rings. The van der Waals surface area contributed by atoms with Gasteiger partial charge in [0.15, 0.2) is 0 Å². The van der Waals surface area contributed by atoms with Gasteiger partial charge in [0.2, 0.25) is 5.91 Å².